The van der Waals surface area contributed by atoms with Gasteiger partial charge in [0.2, 0.25) is 5.90 Å². The van der Waals surface area contributed by atoms with Gasteiger partial charge in [0.05, 0.1) is 11.4 Å². The molecule has 44 heavy (non-hydrogen) atoms. The van der Waals surface area contributed by atoms with Gasteiger partial charge in [-0.15, -0.1) is 0 Å². The van der Waals surface area contributed by atoms with Gasteiger partial charge in [-0.3, -0.25) is 25.0 Å². The molecule has 3 aromatic rings. The summed E-state index contributed by atoms with van der Waals surface area (Å²) in [6.07, 6.45) is 2.84. The zero-order valence-corrected chi connectivity index (χ0v) is 25.6. The SMILES string of the molecule is CCCn1c(C)c(C(=O)Nc2ccc(OC(=N)/C=C(\NC)NC(=O)N3CC[C@@H](N(C)C)C3)c(F)c2)c(=O)n1-c1ccccc1. The van der Waals surface area contributed by atoms with Crippen LogP contribution in [0.3, 0.4) is 0 Å². The number of rotatable bonds is 10. The number of aromatic nitrogens is 2. The maximum atomic E-state index is 15.0. The summed E-state index contributed by atoms with van der Waals surface area (Å²) in [6.45, 7) is 5.41. The normalized spacial score (nSPS) is 14.9. The quantitative estimate of drug-likeness (QED) is 0.206. The minimum Gasteiger partial charge on any atom is -0.436 e. The summed E-state index contributed by atoms with van der Waals surface area (Å²) in [5, 5.41) is 16.3. The number of para-hydroxylation sites is 1. The van der Waals surface area contributed by atoms with Crippen molar-refractivity contribution in [2.45, 2.75) is 39.3 Å². The molecule has 1 saturated heterocycles. The highest BCUT2D eigenvalue weighted by Gasteiger charge is 2.28. The second-order valence-corrected chi connectivity index (χ2v) is 10.7. The molecule has 0 unspecified atom stereocenters. The third kappa shape index (κ3) is 7.17. The predicted molar refractivity (Wildman–Crippen MR) is 167 cm³/mol. The number of nitrogens with zero attached hydrogens (tertiary/aromatic N) is 4. The lowest BCUT2D eigenvalue weighted by atomic mass is 10.2. The minimum absolute atomic E-state index is 0.0391. The first-order valence-electron chi connectivity index (χ1n) is 14.4. The smallest absolute Gasteiger partial charge is 0.323 e. The summed E-state index contributed by atoms with van der Waals surface area (Å²) >= 11 is 0. The Kier molecular flexibility index (Phi) is 10.2. The van der Waals surface area contributed by atoms with Gasteiger partial charge in [0, 0.05) is 50.6 Å². The molecular formula is C31H39FN8O4. The van der Waals surface area contributed by atoms with E-state index in [0.29, 0.717) is 31.0 Å². The number of benzene rings is 2. The molecule has 12 nitrogen and oxygen atoms in total. The van der Waals surface area contributed by atoms with E-state index in [-0.39, 0.29) is 34.9 Å². The Balaban J connectivity index is 1.44. The Morgan fingerprint density at radius 2 is 1.91 bits per heavy atom. The molecule has 4 rings (SSSR count). The molecule has 1 fully saturated rings. The Hall–Kier alpha value is -4.91. The summed E-state index contributed by atoms with van der Waals surface area (Å²) in [6, 6.07) is 12.7. The van der Waals surface area contributed by atoms with Gasteiger partial charge in [-0.1, -0.05) is 25.1 Å². The number of hydrogen-bond acceptors (Lipinski definition) is 7. The second kappa shape index (κ2) is 14.0. The molecular weight excluding hydrogens is 567 g/mol. The first-order valence-corrected chi connectivity index (χ1v) is 14.4. The van der Waals surface area contributed by atoms with Gasteiger partial charge in [0.15, 0.2) is 11.6 Å². The van der Waals surface area contributed by atoms with Crippen LogP contribution in [-0.2, 0) is 6.54 Å². The summed E-state index contributed by atoms with van der Waals surface area (Å²) in [5.41, 5.74) is 0.721. The Morgan fingerprint density at radius 3 is 2.52 bits per heavy atom. The van der Waals surface area contributed by atoms with Crippen LogP contribution in [0.15, 0.2) is 65.2 Å². The Bertz CT molecular complexity index is 1610. The zero-order valence-electron chi connectivity index (χ0n) is 25.6. The van der Waals surface area contributed by atoms with E-state index < -0.39 is 23.2 Å². The van der Waals surface area contributed by atoms with E-state index >= 15 is 0 Å². The maximum absolute atomic E-state index is 15.0. The van der Waals surface area contributed by atoms with E-state index in [2.05, 4.69) is 20.9 Å². The Morgan fingerprint density at radius 1 is 1.18 bits per heavy atom. The fourth-order valence-electron chi connectivity index (χ4n) is 5.06. The van der Waals surface area contributed by atoms with Crippen molar-refractivity contribution in [2.75, 3.05) is 39.5 Å². The average molecular weight is 607 g/mol. The van der Waals surface area contributed by atoms with E-state index in [1.54, 1.807) is 35.7 Å². The molecule has 0 spiro atoms. The van der Waals surface area contributed by atoms with Gasteiger partial charge in [0.1, 0.15) is 11.4 Å². The van der Waals surface area contributed by atoms with E-state index in [4.69, 9.17) is 10.1 Å². The van der Waals surface area contributed by atoms with Crippen LogP contribution < -0.4 is 26.2 Å². The molecule has 1 aromatic heterocycles. The van der Waals surface area contributed by atoms with Crippen LogP contribution in [0.4, 0.5) is 14.9 Å². The van der Waals surface area contributed by atoms with Crippen LogP contribution in [0.2, 0.25) is 0 Å². The molecule has 0 radical (unpaired) electrons. The molecule has 3 amide bonds. The standard InChI is InChI=1S/C31H39FN8O4/c1-6-15-39-20(2)28(30(42)40(39)22-10-8-7-9-11-22)29(41)35-21-12-13-25(24(32)17-21)44-26(33)18-27(34-3)36-31(43)38-16-14-23(19-38)37(4)5/h7-13,17-18,23,33-34H,6,14-16,19H2,1-5H3,(H,35,41)(H,36,43)/b27-18+,33-26?/t23-/m1/s1. The number of anilines is 1. The zero-order chi connectivity index (χ0) is 32.0. The highest BCUT2D eigenvalue weighted by Crippen LogP contribution is 2.23. The third-order valence-corrected chi connectivity index (χ3v) is 7.44. The second-order valence-electron chi connectivity index (χ2n) is 10.7. The van der Waals surface area contributed by atoms with Gasteiger partial charge < -0.3 is 25.2 Å². The summed E-state index contributed by atoms with van der Waals surface area (Å²) in [4.78, 5) is 43.0. The lowest BCUT2D eigenvalue weighted by molar-refractivity contribution is 0.102. The van der Waals surface area contributed by atoms with Crippen LogP contribution in [0.1, 0.15) is 35.8 Å². The highest BCUT2D eigenvalue weighted by atomic mass is 19.1. The fourth-order valence-corrected chi connectivity index (χ4v) is 5.06. The molecule has 1 aliphatic heterocycles. The number of carbonyl (C=O) groups excluding carboxylic acids is 2. The topological polar surface area (TPSA) is 137 Å². The van der Waals surface area contributed by atoms with Gasteiger partial charge in [-0.25, -0.2) is 13.9 Å². The number of carbonyl (C=O) groups is 2. The van der Waals surface area contributed by atoms with Crippen molar-refractivity contribution in [3.63, 3.8) is 0 Å². The van der Waals surface area contributed by atoms with Crippen molar-refractivity contribution < 1.29 is 18.7 Å². The molecule has 2 heterocycles. The van der Waals surface area contributed by atoms with Crippen molar-refractivity contribution in [2.24, 2.45) is 0 Å². The van der Waals surface area contributed by atoms with Gasteiger partial charge in [0.25, 0.3) is 11.5 Å². The van der Waals surface area contributed by atoms with Crippen molar-refractivity contribution in [1.82, 2.24) is 29.8 Å². The number of nitrogens with one attached hydrogen (secondary N) is 4. The van der Waals surface area contributed by atoms with Crippen molar-refractivity contribution in [3.8, 4) is 11.4 Å². The molecule has 13 heteroatoms. The number of urea groups is 1. The first kappa shape index (κ1) is 32.0. The molecule has 0 aliphatic carbocycles. The van der Waals surface area contributed by atoms with Crippen molar-refractivity contribution in [3.05, 3.63) is 87.9 Å². The maximum Gasteiger partial charge on any atom is 0.323 e. The van der Waals surface area contributed by atoms with Gasteiger partial charge >= 0.3 is 6.03 Å². The average Bonchev–Trinajstić information content (AvgIpc) is 3.58. The largest absolute Gasteiger partial charge is 0.436 e. The molecule has 2 aromatic carbocycles. The van der Waals surface area contributed by atoms with Crippen molar-refractivity contribution in [1.29, 1.82) is 5.41 Å². The van der Waals surface area contributed by atoms with Crippen molar-refractivity contribution >= 4 is 23.5 Å². The Labute approximate surface area is 255 Å². The lowest BCUT2D eigenvalue weighted by Gasteiger charge is -2.21. The van der Waals surface area contributed by atoms with Crippen LogP contribution in [0.25, 0.3) is 5.69 Å². The lowest BCUT2D eigenvalue weighted by Crippen LogP contribution is -2.42. The van der Waals surface area contributed by atoms with E-state index in [1.807, 2.05) is 39.2 Å². The molecule has 0 saturated carbocycles. The van der Waals surface area contributed by atoms with Gasteiger partial charge in [-0.2, -0.15) is 0 Å². The fraction of sp³-hybridized carbons (Fsp3) is 0.355. The number of ether oxygens (including phenoxy) is 1. The molecule has 234 valence electrons. The number of likely N-dealkylation sites (N-methyl/N-ethyl adjacent to an activating group) is 1. The number of halogens is 1. The van der Waals surface area contributed by atoms with Crippen LogP contribution in [0, 0.1) is 18.2 Å². The third-order valence-electron chi connectivity index (χ3n) is 7.44. The predicted octanol–water partition coefficient (Wildman–Crippen LogP) is 3.51. The van der Waals surface area contributed by atoms with E-state index in [1.165, 1.54) is 22.9 Å². The van der Waals surface area contributed by atoms with Crippen LogP contribution in [-0.4, -0.2) is 77.3 Å². The van der Waals surface area contributed by atoms with Gasteiger partial charge in [-0.05, 0) is 58.1 Å². The highest BCUT2D eigenvalue weighted by molar-refractivity contribution is 6.05. The van der Waals surface area contributed by atoms with Crippen LogP contribution in [0.5, 0.6) is 5.75 Å². The monoisotopic (exact) mass is 606 g/mol. The molecule has 0 bridgehead atoms. The summed E-state index contributed by atoms with van der Waals surface area (Å²) in [5.74, 6) is -1.96. The number of amides is 3. The summed E-state index contributed by atoms with van der Waals surface area (Å²) in [7, 11) is 5.52. The van der Waals surface area contributed by atoms with E-state index in [9.17, 15) is 18.8 Å². The van der Waals surface area contributed by atoms with E-state index in [0.717, 1.165) is 18.9 Å². The molecule has 1 aliphatic rings. The summed E-state index contributed by atoms with van der Waals surface area (Å²) < 4.78 is 23.6. The molecule has 4 N–H and O–H groups in total. The van der Waals surface area contributed by atoms with Crippen LogP contribution >= 0.6 is 0 Å². The first-order chi connectivity index (χ1) is 21.0. The number of hydrogen-bond donors (Lipinski definition) is 4. The minimum atomic E-state index is -0.829. The number of likely N-dealkylation sites (tertiary alicyclic amines) is 1. The molecule has 1 atom stereocenters.